The number of anilines is 1. The Labute approximate surface area is 146 Å². The van der Waals surface area contributed by atoms with E-state index in [1.807, 2.05) is 0 Å². The van der Waals surface area contributed by atoms with Gasteiger partial charge >= 0.3 is 5.97 Å². The van der Waals surface area contributed by atoms with Crippen LogP contribution in [0.1, 0.15) is 32.1 Å². The standard InChI is InChI=1S/C18H22ClNO4/c1-23-16-5-4-14(9-15(16)19)20-17(21)10-24-18(22)8-13-7-11-2-3-12(13)6-11/h4-5,9,11-13H,2-3,6-8,10H2,1H3,(H,20,21)/t11-,12+,13+/m1/s1. The van der Waals surface area contributed by atoms with E-state index in [0.717, 1.165) is 12.3 Å². The molecule has 2 bridgehead atoms. The third-order valence-corrected chi connectivity index (χ3v) is 5.41. The molecule has 3 atom stereocenters. The Hall–Kier alpha value is -1.75. The average molecular weight is 352 g/mol. The van der Waals surface area contributed by atoms with Crippen LogP contribution >= 0.6 is 11.6 Å². The highest BCUT2D eigenvalue weighted by Gasteiger charge is 2.40. The summed E-state index contributed by atoms with van der Waals surface area (Å²) in [6, 6.07) is 4.94. The van der Waals surface area contributed by atoms with Gasteiger partial charge in [-0.05, 0) is 55.2 Å². The highest BCUT2D eigenvalue weighted by molar-refractivity contribution is 6.32. The van der Waals surface area contributed by atoms with E-state index >= 15 is 0 Å². The lowest BCUT2D eigenvalue weighted by Crippen LogP contribution is -2.23. The molecule has 1 N–H and O–H groups in total. The van der Waals surface area contributed by atoms with E-state index in [9.17, 15) is 9.59 Å². The van der Waals surface area contributed by atoms with E-state index in [2.05, 4.69) is 5.32 Å². The normalized spacial score (nSPS) is 24.7. The number of esters is 1. The first-order chi connectivity index (χ1) is 11.5. The number of amides is 1. The fourth-order valence-electron chi connectivity index (χ4n) is 3.99. The third-order valence-electron chi connectivity index (χ3n) is 5.11. The Morgan fingerprint density at radius 1 is 1.29 bits per heavy atom. The quantitative estimate of drug-likeness (QED) is 0.794. The van der Waals surface area contributed by atoms with Crippen LogP contribution in [0.15, 0.2) is 18.2 Å². The lowest BCUT2D eigenvalue weighted by Gasteiger charge is -2.20. The van der Waals surface area contributed by atoms with E-state index in [4.69, 9.17) is 21.1 Å². The second kappa shape index (κ2) is 7.43. The molecule has 1 aromatic carbocycles. The van der Waals surface area contributed by atoms with Crippen LogP contribution in [-0.2, 0) is 14.3 Å². The first-order valence-corrected chi connectivity index (χ1v) is 8.72. The minimum atomic E-state index is -0.377. The first kappa shape index (κ1) is 17.1. The van der Waals surface area contributed by atoms with Crippen LogP contribution in [0.2, 0.25) is 5.02 Å². The summed E-state index contributed by atoms with van der Waals surface area (Å²) >= 11 is 6.00. The summed E-state index contributed by atoms with van der Waals surface area (Å²) in [5, 5.41) is 3.06. The molecule has 0 saturated heterocycles. The van der Waals surface area contributed by atoms with Gasteiger partial charge in [-0.3, -0.25) is 9.59 Å². The fraction of sp³-hybridized carbons (Fsp3) is 0.556. The number of halogens is 1. The molecule has 0 aromatic heterocycles. The van der Waals surface area contributed by atoms with Gasteiger partial charge in [0.25, 0.3) is 5.91 Å². The zero-order valence-electron chi connectivity index (χ0n) is 13.7. The van der Waals surface area contributed by atoms with Crippen molar-refractivity contribution in [2.75, 3.05) is 19.0 Å². The van der Waals surface area contributed by atoms with Crippen molar-refractivity contribution in [3.05, 3.63) is 23.2 Å². The monoisotopic (exact) mass is 351 g/mol. The summed E-state index contributed by atoms with van der Waals surface area (Å²) in [5.74, 6) is 1.80. The molecular formula is C18H22ClNO4. The van der Waals surface area contributed by atoms with Crippen molar-refractivity contribution in [2.45, 2.75) is 32.1 Å². The molecule has 6 heteroatoms. The topological polar surface area (TPSA) is 64.6 Å². The molecule has 5 nitrogen and oxygen atoms in total. The van der Waals surface area contributed by atoms with Crippen LogP contribution in [0.25, 0.3) is 0 Å². The predicted molar refractivity (Wildman–Crippen MR) is 91.1 cm³/mol. The predicted octanol–water partition coefficient (Wildman–Crippen LogP) is 3.66. The number of fused-ring (bicyclic) bond motifs is 2. The summed E-state index contributed by atoms with van der Waals surface area (Å²) in [4.78, 5) is 23.8. The van der Waals surface area contributed by atoms with Crippen LogP contribution in [0.4, 0.5) is 5.69 Å². The Morgan fingerprint density at radius 3 is 2.75 bits per heavy atom. The molecule has 1 amide bonds. The van der Waals surface area contributed by atoms with Crippen molar-refractivity contribution in [1.29, 1.82) is 0 Å². The molecule has 130 valence electrons. The maximum absolute atomic E-state index is 11.9. The number of ether oxygens (including phenoxy) is 2. The van der Waals surface area contributed by atoms with Gasteiger partial charge < -0.3 is 14.8 Å². The van der Waals surface area contributed by atoms with E-state index in [1.54, 1.807) is 18.2 Å². The molecule has 0 heterocycles. The minimum absolute atomic E-state index is 0.275. The lowest BCUT2D eigenvalue weighted by atomic mass is 9.86. The molecule has 1 aromatic rings. The maximum Gasteiger partial charge on any atom is 0.306 e. The SMILES string of the molecule is COc1ccc(NC(=O)COC(=O)C[C@@H]2C[C@@H]3CC[C@H]2C3)cc1Cl. The van der Waals surface area contributed by atoms with Crippen LogP contribution in [0, 0.1) is 17.8 Å². The third kappa shape index (κ3) is 4.01. The Morgan fingerprint density at radius 2 is 2.12 bits per heavy atom. The Bertz CT molecular complexity index is 633. The van der Waals surface area contributed by atoms with E-state index in [-0.39, 0.29) is 18.5 Å². The zero-order valence-corrected chi connectivity index (χ0v) is 14.5. The van der Waals surface area contributed by atoms with E-state index in [1.165, 1.54) is 26.4 Å². The van der Waals surface area contributed by atoms with Crippen molar-refractivity contribution in [1.82, 2.24) is 0 Å². The highest BCUT2D eigenvalue weighted by atomic mass is 35.5. The Kier molecular flexibility index (Phi) is 5.29. The maximum atomic E-state index is 11.9. The molecule has 3 rings (SSSR count). The van der Waals surface area contributed by atoms with Gasteiger partial charge in [-0.2, -0.15) is 0 Å². The van der Waals surface area contributed by atoms with Crippen molar-refractivity contribution in [3.63, 3.8) is 0 Å². The molecule has 2 fully saturated rings. The van der Waals surface area contributed by atoms with Gasteiger partial charge in [0.2, 0.25) is 0 Å². The van der Waals surface area contributed by atoms with Crippen molar-refractivity contribution in [2.24, 2.45) is 17.8 Å². The number of rotatable bonds is 6. The van der Waals surface area contributed by atoms with Crippen molar-refractivity contribution < 1.29 is 19.1 Å². The average Bonchev–Trinajstić information content (AvgIpc) is 3.16. The zero-order chi connectivity index (χ0) is 17.1. The summed E-state index contributed by atoms with van der Waals surface area (Å²) in [5.41, 5.74) is 0.537. The van der Waals surface area contributed by atoms with Gasteiger partial charge in [0.15, 0.2) is 6.61 Å². The van der Waals surface area contributed by atoms with Gasteiger partial charge in [0.1, 0.15) is 5.75 Å². The van der Waals surface area contributed by atoms with Gasteiger partial charge in [0, 0.05) is 12.1 Å². The van der Waals surface area contributed by atoms with Crippen LogP contribution in [-0.4, -0.2) is 25.6 Å². The van der Waals surface area contributed by atoms with Gasteiger partial charge in [0.05, 0.1) is 12.1 Å². The number of methoxy groups -OCH3 is 1. The molecule has 0 unspecified atom stereocenters. The molecule has 2 aliphatic carbocycles. The van der Waals surface area contributed by atoms with Crippen molar-refractivity contribution >= 4 is 29.2 Å². The molecule has 2 saturated carbocycles. The van der Waals surface area contributed by atoms with E-state index in [0.29, 0.717) is 34.7 Å². The van der Waals surface area contributed by atoms with Crippen LogP contribution in [0.5, 0.6) is 5.75 Å². The smallest absolute Gasteiger partial charge is 0.306 e. The molecule has 24 heavy (non-hydrogen) atoms. The number of carbonyl (C=O) groups is 2. The van der Waals surface area contributed by atoms with Crippen LogP contribution < -0.4 is 10.1 Å². The summed E-state index contributed by atoms with van der Waals surface area (Å²) < 4.78 is 10.2. The lowest BCUT2D eigenvalue weighted by molar-refractivity contribution is -0.148. The highest BCUT2D eigenvalue weighted by Crippen LogP contribution is 2.49. The molecule has 0 spiro atoms. The number of nitrogens with one attached hydrogen (secondary N) is 1. The molecular weight excluding hydrogens is 330 g/mol. The fourth-order valence-corrected chi connectivity index (χ4v) is 4.24. The minimum Gasteiger partial charge on any atom is -0.495 e. The van der Waals surface area contributed by atoms with Gasteiger partial charge in [-0.15, -0.1) is 0 Å². The second-order valence-electron chi connectivity index (χ2n) is 6.70. The first-order valence-electron chi connectivity index (χ1n) is 8.34. The Balaban J connectivity index is 1.42. The summed E-state index contributed by atoms with van der Waals surface area (Å²) in [6.07, 6.45) is 5.38. The number of carbonyl (C=O) groups excluding carboxylic acids is 2. The molecule has 2 aliphatic rings. The summed E-state index contributed by atoms with van der Waals surface area (Å²) in [7, 11) is 1.52. The van der Waals surface area contributed by atoms with E-state index < -0.39 is 0 Å². The van der Waals surface area contributed by atoms with Gasteiger partial charge in [-0.25, -0.2) is 0 Å². The summed E-state index contributed by atoms with van der Waals surface area (Å²) in [6.45, 7) is -0.275. The molecule has 0 aliphatic heterocycles. The second-order valence-corrected chi connectivity index (χ2v) is 7.10. The number of hydrogen-bond donors (Lipinski definition) is 1. The van der Waals surface area contributed by atoms with Gasteiger partial charge in [-0.1, -0.05) is 18.0 Å². The van der Waals surface area contributed by atoms with Crippen LogP contribution in [0.3, 0.4) is 0 Å². The molecule has 0 radical (unpaired) electrons. The number of benzene rings is 1. The largest absolute Gasteiger partial charge is 0.495 e. The number of hydrogen-bond acceptors (Lipinski definition) is 4. The van der Waals surface area contributed by atoms with Crippen molar-refractivity contribution in [3.8, 4) is 5.75 Å².